The van der Waals surface area contributed by atoms with Crippen LogP contribution in [0.2, 0.25) is 0 Å². The van der Waals surface area contributed by atoms with Crippen LogP contribution in [0, 0.1) is 46.3 Å². The highest BCUT2D eigenvalue weighted by molar-refractivity contribution is 5.40. The molecule has 0 spiro atoms. The number of hydrogen-bond donors (Lipinski definition) is 6. The maximum Gasteiger partial charge on any atom is 0.426 e. The summed E-state index contributed by atoms with van der Waals surface area (Å²) in [5, 5.41) is 60.2. The Hall–Kier alpha value is -3.00. The van der Waals surface area contributed by atoms with Crippen LogP contribution in [0.1, 0.15) is 151 Å². The van der Waals surface area contributed by atoms with Gasteiger partial charge >= 0.3 is 12.4 Å². The Kier molecular flexibility index (Phi) is 18.8. The summed E-state index contributed by atoms with van der Waals surface area (Å²) in [6, 6.07) is 0. The molecule has 6 saturated carbocycles. The highest BCUT2D eigenvalue weighted by atomic mass is 19.4. The molecule has 0 aromatic heterocycles. The largest absolute Gasteiger partial charge is 0.426 e. The molecule has 69 heavy (non-hydrogen) atoms. The number of fused-ring (bicyclic) bond motifs is 2. The van der Waals surface area contributed by atoms with Gasteiger partial charge in [-0.15, -0.1) is 0 Å². The summed E-state index contributed by atoms with van der Waals surface area (Å²) >= 11 is 0. The van der Waals surface area contributed by atoms with Crippen LogP contribution < -0.4 is 0 Å². The molecule has 6 nitrogen and oxygen atoms in total. The van der Waals surface area contributed by atoms with Gasteiger partial charge in [0.05, 0.1) is 30.0 Å². The Bertz CT molecular complexity index is 2000. The Balaban J connectivity index is 0.000000258. The maximum atomic E-state index is 13.0. The van der Waals surface area contributed by atoms with Crippen molar-refractivity contribution in [2.24, 2.45) is 46.3 Å². The highest BCUT2D eigenvalue weighted by Gasteiger charge is 2.69. The van der Waals surface area contributed by atoms with Gasteiger partial charge in [-0.05, 0) is 159 Å². The molecule has 0 unspecified atom stereocenters. The van der Waals surface area contributed by atoms with Crippen LogP contribution in [-0.4, -0.2) is 78.6 Å². The molecule has 0 saturated heterocycles. The predicted octanol–water partition coefficient (Wildman–Crippen LogP) is 13.0. The van der Waals surface area contributed by atoms with Crippen LogP contribution in [0.25, 0.3) is 0 Å². The second kappa shape index (κ2) is 22.8. The first-order valence-electron chi connectivity index (χ1n) is 25.6. The summed E-state index contributed by atoms with van der Waals surface area (Å²) in [6.07, 6.45) is 17.0. The number of halogens is 6. The molecule has 388 valence electrons. The summed E-state index contributed by atoms with van der Waals surface area (Å²) in [5.74, 6) is 1.82. The van der Waals surface area contributed by atoms with Crippen molar-refractivity contribution >= 4 is 0 Å². The summed E-state index contributed by atoms with van der Waals surface area (Å²) < 4.78 is 77.9. The lowest BCUT2D eigenvalue weighted by Gasteiger charge is -2.44. The van der Waals surface area contributed by atoms with Gasteiger partial charge in [-0.3, -0.25) is 0 Å². The van der Waals surface area contributed by atoms with Gasteiger partial charge in [-0.25, -0.2) is 0 Å². The molecule has 0 aliphatic heterocycles. The zero-order valence-electron chi connectivity index (χ0n) is 41.9. The highest BCUT2D eigenvalue weighted by Crippen LogP contribution is 2.61. The first-order chi connectivity index (χ1) is 32.1. The lowest BCUT2D eigenvalue weighted by atomic mass is 9.61. The first-order valence-corrected chi connectivity index (χ1v) is 25.6. The molecule has 0 amide bonds. The number of alkyl halides is 6. The van der Waals surface area contributed by atoms with Gasteiger partial charge in [0.2, 0.25) is 0 Å². The van der Waals surface area contributed by atoms with Gasteiger partial charge in [-0.1, -0.05) is 127 Å². The molecular formula is C57H82F6O6. The Labute approximate surface area is 408 Å². The average molecular weight is 977 g/mol. The number of allylic oxidation sites excluding steroid dienone is 10. The quantitative estimate of drug-likeness (QED) is 0.0658. The smallest absolute Gasteiger partial charge is 0.393 e. The van der Waals surface area contributed by atoms with Crippen molar-refractivity contribution in [3.63, 3.8) is 0 Å². The van der Waals surface area contributed by atoms with Crippen molar-refractivity contribution in [2.45, 2.75) is 199 Å². The zero-order valence-corrected chi connectivity index (χ0v) is 41.9. The average Bonchev–Trinajstić information content (AvgIpc) is 3.83. The van der Waals surface area contributed by atoms with E-state index in [9.17, 15) is 57.0 Å². The normalized spacial score (nSPS) is 36.2. The Morgan fingerprint density at radius 2 is 1.06 bits per heavy atom. The monoisotopic (exact) mass is 977 g/mol. The third kappa shape index (κ3) is 12.8. The molecule has 6 aliphatic rings. The van der Waals surface area contributed by atoms with Gasteiger partial charge in [0.25, 0.3) is 5.60 Å². The fourth-order valence-corrected chi connectivity index (χ4v) is 13.3. The fraction of sp³-hybridized carbons (Fsp3) is 0.684. The van der Waals surface area contributed by atoms with E-state index in [0.29, 0.717) is 48.0 Å². The van der Waals surface area contributed by atoms with Gasteiger partial charge in [0.15, 0.2) is 0 Å². The third-order valence-corrected chi connectivity index (χ3v) is 17.8. The van der Waals surface area contributed by atoms with Crippen molar-refractivity contribution in [3.8, 4) is 0 Å². The summed E-state index contributed by atoms with van der Waals surface area (Å²) in [7, 11) is 0. The topological polar surface area (TPSA) is 121 Å². The van der Waals surface area contributed by atoms with E-state index < -0.39 is 54.4 Å². The van der Waals surface area contributed by atoms with Crippen molar-refractivity contribution < 1.29 is 57.0 Å². The van der Waals surface area contributed by atoms with E-state index >= 15 is 0 Å². The van der Waals surface area contributed by atoms with Gasteiger partial charge in [-0.2, -0.15) is 26.3 Å². The number of rotatable bonds is 12. The van der Waals surface area contributed by atoms with E-state index in [1.807, 2.05) is 45.1 Å². The minimum atomic E-state index is -5.82. The zero-order chi connectivity index (χ0) is 51.3. The summed E-state index contributed by atoms with van der Waals surface area (Å²) in [4.78, 5) is 0. The van der Waals surface area contributed by atoms with Gasteiger partial charge in [0, 0.05) is 19.3 Å². The molecule has 6 aliphatic carbocycles. The minimum Gasteiger partial charge on any atom is -0.393 e. The van der Waals surface area contributed by atoms with E-state index in [1.165, 1.54) is 42.9 Å². The van der Waals surface area contributed by atoms with Crippen molar-refractivity contribution in [3.05, 3.63) is 107 Å². The molecule has 0 heterocycles. The first kappa shape index (κ1) is 56.9. The molecule has 0 aromatic carbocycles. The van der Waals surface area contributed by atoms with Gasteiger partial charge < -0.3 is 30.6 Å². The maximum absolute atomic E-state index is 13.0. The number of aliphatic hydroxyl groups is 6. The van der Waals surface area contributed by atoms with Crippen LogP contribution in [0.3, 0.4) is 0 Å². The minimum absolute atomic E-state index is 0.0771. The summed E-state index contributed by atoms with van der Waals surface area (Å²) in [6.45, 7) is 20.9. The lowest BCUT2D eigenvalue weighted by molar-refractivity contribution is -0.366. The lowest BCUT2D eigenvalue weighted by Crippen LogP contribution is -2.56. The van der Waals surface area contributed by atoms with E-state index in [0.717, 1.165) is 74.2 Å². The van der Waals surface area contributed by atoms with Crippen molar-refractivity contribution in [2.75, 3.05) is 0 Å². The third-order valence-electron chi connectivity index (χ3n) is 17.8. The van der Waals surface area contributed by atoms with Crippen molar-refractivity contribution in [1.82, 2.24) is 0 Å². The SMILES string of the molecule is C=C1/C(=C\C=C2/CCC[C@]3(C)[C@@H]([C@@H](C)/C=C/C=C/C(O)(CC)CC)CC[C@@H]23)C[C@@H](O)C[C@@H]1O.C=C1/C(=C\C=C2/CCC[C@]3(C)[C@@H]([C@@H](C)/C=C/CC(O)(C(F)(F)F)C(F)(F)F)CC[C@@H]23)C[C@@H](O)C[C@@H]1O. The number of aliphatic hydroxyl groups excluding tert-OH is 4. The summed E-state index contributed by atoms with van der Waals surface area (Å²) in [5.41, 5.74) is 0.662. The predicted molar refractivity (Wildman–Crippen MR) is 262 cm³/mol. The molecular weight excluding hydrogens is 895 g/mol. The van der Waals surface area contributed by atoms with Crippen molar-refractivity contribution in [1.29, 1.82) is 0 Å². The fourth-order valence-electron chi connectivity index (χ4n) is 13.3. The van der Waals surface area contributed by atoms with Crippen LogP contribution in [0.5, 0.6) is 0 Å². The molecule has 0 aromatic rings. The van der Waals surface area contributed by atoms with Crippen LogP contribution in [0.15, 0.2) is 107 Å². The molecule has 6 N–H and O–H groups in total. The number of hydrogen-bond acceptors (Lipinski definition) is 6. The molecule has 0 radical (unpaired) electrons. The Morgan fingerprint density at radius 3 is 1.46 bits per heavy atom. The standard InChI is InChI=1S/C30H46O3.C27H36F6O3/c1-6-30(33,7-2)18-9-8-11-21(3)26-15-16-27-23(12-10-17-29(26,27)5)13-14-24-19-25(31)20-28(32)22(24)4;1-16(6-4-13-25(36,26(28,29)30)27(31,32)33)21-10-11-22-18(7-5-12-24(21,22)3)8-9-19-14-20(34)15-23(35)17(19)2/h8-9,11,13-14,18,21,25-28,31-33H,4,6-7,10,12,15-17,19-20H2,1-3,5H3;4,6,8-9,16,20-23,34-36H,2,5,7,10-15H2,1,3H3/b11-8+,18-9+,23-13+,24-14-;6-4+,18-8+,19-9-/t21-,25+,26+,27-,28-,29+;16-,20+,21+,22-,23-,24+/m00/s1. The van der Waals surface area contributed by atoms with Gasteiger partial charge in [0.1, 0.15) is 0 Å². The van der Waals surface area contributed by atoms with Crippen LogP contribution in [-0.2, 0) is 0 Å². The van der Waals surface area contributed by atoms with E-state index in [2.05, 4.69) is 58.2 Å². The van der Waals surface area contributed by atoms with Crippen LogP contribution >= 0.6 is 0 Å². The van der Waals surface area contributed by atoms with Crippen LogP contribution in [0.4, 0.5) is 26.3 Å². The molecule has 6 rings (SSSR count). The Morgan fingerprint density at radius 1 is 0.638 bits per heavy atom. The van der Waals surface area contributed by atoms with E-state index in [1.54, 1.807) is 0 Å². The van der Waals surface area contributed by atoms with E-state index in [4.69, 9.17) is 0 Å². The molecule has 12 atom stereocenters. The molecule has 0 bridgehead atoms. The second-order valence-corrected chi connectivity index (χ2v) is 22.1. The molecule has 12 heteroatoms. The second-order valence-electron chi connectivity index (χ2n) is 22.1. The van der Waals surface area contributed by atoms with E-state index in [-0.39, 0.29) is 29.6 Å². The molecule has 6 fully saturated rings.